The Hall–Kier alpha value is -2.52. The molecule has 0 saturated carbocycles. The molecule has 0 radical (unpaired) electrons. The minimum atomic E-state index is -0.523. The largest absolute Gasteiger partial charge is 0.378 e. The molecule has 1 unspecified atom stereocenters. The van der Waals surface area contributed by atoms with Crippen LogP contribution >= 0.6 is 0 Å². The summed E-state index contributed by atoms with van der Waals surface area (Å²) in [5.41, 5.74) is 2.71. The molecule has 2 aromatic heterocycles. The fourth-order valence-corrected chi connectivity index (χ4v) is 3.74. The van der Waals surface area contributed by atoms with Crippen LogP contribution in [-0.4, -0.2) is 88.2 Å². The van der Waals surface area contributed by atoms with E-state index in [2.05, 4.69) is 15.4 Å². The predicted molar refractivity (Wildman–Crippen MR) is 97.6 cm³/mol. The van der Waals surface area contributed by atoms with Gasteiger partial charge in [0.05, 0.1) is 19.4 Å². The number of ether oxygens (including phenoxy) is 1. The minimum Gasteiger partial charge on any atom is -0.378 e. The number of carbonyl (C=O) groups is 2. The second-order valence-corrected chi connectivity index (χ2v) is 6.99. The van der Waals surface area contributed by atoms with Gasteiger partial charge in [-0.25, -0.2) is 9.50 Å². The molecule has 1 N–H and O–H groups in total. The van der Waals surface area contributed by atoms with Crippen LogP contribution in [0.4, 0.5) is 0 Å². The molecule has 27 heavy (non-hydrogen) atoms. The summed E-state index contributed by atoms with van der Waals surface area (Å²) in [4.78, 5) is 34.3. The number of hydrogen-bond donors (Lipinski definition) is 1. The van der Waals surface area contributed by atoms with E-state index in [-0.39, 0.29) is 11.8 Å². The van der Waals surface area contributed by atoms with Gasteiger partial charge in [0.1, 0.15) is 11.6 Å². The van der Waals surface area contributed by atoms with Crippen molar-refractivity contribution in [1.29, 1.82) is 0 Å². The first kappa shape index (κ1) is 17.9. The van der Waals surface area contributed by atoms with Crippen molar-refractivity contribution in [3.8, 4) is 0 Å². The molecule has 2 aliphatic heterocycles. The van der Waals surface area contributed by atoms with Gasteiger partial charge >= 0.3 is 0 Å². The number of nitrogens with zero attached hydrogens (tertiary/aromatic N) is 5. The van der Waals surface area contributed by atoms with Crippen molar-refractivity contribution in [1.82, 2.24) is 29.7 Å². The summed E-state index contributed by atoms with van der Waals surface area (Å²) >= 11 is 0. The summed E-state index contributed by atoms with van der Waals surface area (Å²) in [5, 5.41) is 7.55. The maximum atomic E-state index is 13.3. The Kier molecular flexibility index (Phi) is 4.79. The number of fused-ring (bicyclic) bond motifs is 1. The van der Waals surface area contributed by atoms with E-state index >= 15 is 0 Å². The van der Waals surface area contributed by atoms with E-state index in [4.69, 9.17) is 4.74 Å². The van der Waals surface area contributed by atoms with Crippen LogP contribution in [0.2, 0.25) is 0 Å². The standard InChI is InChI=1S/C18H24N6O3/c1-12-9-13(2)24-16(21-12)14(10-20-24)17(25)23-4-3-19-11-15(23)18(26)22-5-7-27-8-6-22/h9-10,15,19H,3-8,11H2,1-2H3. The number of aryl methyl sites for hydroxylation is 2. The molecule has 0 aromatic carbocycles. The predicted octanol–water partition coefficient (Wildman–Crippen LogP) is -0.381. The van der Waals surface area contributed by atoms with Crippen LogP contribution in [-0.2, 0) is 9.53 Å². The highest BCUT2D eigenvalue weighted by molar-refractivity contribution is 6.02. The molecule has 2 aliphatic rings. The third-order valence-electron chi connectivity index (χ3n) is 5.12. The lowest BCUT2D eigenvalue weighted by molar-refractivity contribution is -0.140. The van der Waals surface area contributed by atoms with Gasteiger partial charge in [-0.1, -0.05) is 0 Å². The zero-order valence-electron chi connectivity index (χ0n) is 15.6. The fourth-order valence-electron chi connectivity index (χ4n) is 3.74. The van der Waals surface area contributed by atoms with Crippen LogP contribution in [0.5, 0.6) is 0 Å². The van der Waals surface area contributed by atoms with E-state index in [1.54, 1.807) is 20.5 Å². The van der Waals surface area contributed by atoms with Crippen LogP contribution in [0.15, 0.2) is 12.3 Å². The fraction of sp³-hybridized carbons (Fsp3) is 0.556. The van der Waals surface area contributed by atoms with Crippen LogP contribution in [0.25, 0.3) is 5.65 Å². The lowest BCUT2D eigenvalue weighted by atomic mass is 10.1. The van der Waals surface area contributed by atoms with E-state index in [9.17, 15) is 9.59 Å². The van der Waals surface area contributed by atoms with Crippen molar-refractivity contribution in [3.63, 3.8) is 0 Å². The first-order chi connectivity index (χ1) is 13.1. The molecule has 9 nitrogen and oxygen atoms in total. The van der Waals surface area contributed by atoms with Crippen LogP contribution in [0, 0.1) is 13.8 Å². The van der Waals surface area contributed by atoms with Gasteiger partial charge in [0, 0.05) is 44.1 Å². The van der Waals surface area contributed by atoms with Crippen molar-refractivity contribution in [3.05, 3.63) is 29.2 Å². The van der Waals surface area contributed by atoms with E-state index in [1.165, 1.54) is 0 Å². The second-order valence-electron chi connectivity index (χ2n) is 6.99. The number of piperazine rings is 1. The zero-order chi connectivity index (χ0) is 19.0. The van der Waals surface area contributed by atoms with Gasteiger partial charge in [0.2, 0.25) is 5.91 Å². The first-order valence-electron chi connectivity index (χ1n) is 9.26. The highest BCUT2D eigenvalue weighted by atomic mass is 16.5. The third-order valence-corrected chi connectivity index (χ3v) is 5.12. The smallest absolute Gasteiger partial charge is 0.260 e. The van der Waals surface area contributed by atoms with Gasteiger partial charge in [-0.15, -0.1) is 0 Å². The molecule has 0 bridgehead atoms. The summed E-state index contributed by atoms with van der Waals surface area (Å²) in [5.74, 6) is -0.230. The molecule has 1 atom stereocenters. The van der Waals surface area contributed by atoms with Crippen LogP contribution in [0.3, 0.4) is 0 Å². The first-order valence-corrected chi connectivity index (χ1v) is 9.26. The summed E-state index contributed by atoms with van der Waals surface area (Å²) in [6.07, 6.45) is 1.55. The number of hydrogen-bond acceptors (Lipinski definition) is 6. The van der Waals surface area contributed by atoms with Gasteiger partial charge in [0.15, 0.2) is 5.65 Å². The molecule has 9 heteroatoms. The second kappa shape index (κ2) is 7.24. The lowest BCUT2D eigenvalue weighted by Gasteiger charge is -2.38. The topological polar surface area (TPSA) is 92.1 Å². The SMILES string of the molecule is Cc1cc(C)n2ncc(C(=O)N3CCNCC3C(=O)N3CCOCC3)c2n1. The third kappa shape index (κ3) is 3.28. The Labute approximate surface area is 157 Å². The van der Waals surface area contributed by atoms with Crippen molar-refractivity contribution in [2.45, 2.75) is 19.9 Å². The summed E-state index contributed by atoms with van der Waals surface area (Å²) < 4.78 is 7.00. The molecule has 2 amide bonds. The molecule has 144 valence electrons. The number of rotatable bonds is 2. The molecule has 2 saturated heterocycles. The highest BCUT2D eigenvalue weighted by Crippen LogP contribution is 2.18. The summed E-state index contributed by atoms with van der Waals surface area (Å²) in [6, 6.07) is 1.40. The minimum absolute atomic E-state index is 0.0318. The highest BCUT2D eigenvalue weighted by Gasteiger charge is 2.36. The Balaban J connectivity index is 1.64. The van der Waals surface area contributed by atoms with Gasteiger partial charge < -0.3 is 19.9 Å². The Bertz CT molecular complexity index is 873. The van der Waals surface area contributed by atoms with E-state index < -0.39 is 6.04 Å². The average molecular weight is 372 g/mol. The summed E-state index contributed by atoms with van der Waals surface area (Å²) in [6.45, 7) is 7.61. The monoisotopic (exact) mass is 372 g/mol. The molecule has 4 rings (SSSR count). The molecule has 0 aliphatic carbocycles. The van der Waals surface area contributed by atoms with Crippen LogP contribution in [0.1, 0.15) is 21.7 Å². The van der Waals surface area contributed by atoms with E-state index in [0.717, 1.165) is 11.4 Å². The number of morpholine rings is 1. The Morgan fingerprint density at radius 3 is 2.78 bits per heavy atom. The summed E-state index contributed by atoms with van der Waals surface area (Å²) in [7, 11) is 0. The van der Waals surface area contributed by atoms with Crippen molar-refractivity contribution < 1.29 is 14.3 Å². The van der Waals surface area contributed by atoms with Gasteiger partial charge in [-0.3, -0.25) is 9.59 Å². The van der Waals surface area contributed by atoms with E-state index in [1.807, 2.05) is 19.9 Å². The zero-order valence-corrected chi connectivity index (χ0v) is 15.6. The maximum absolute atomic E-state index is 13.3. The quantitative estimate of drug-likeness (QED) is 0.773. The molecule has 2 fully saturated rings. The van der Waals surface area contributed by atoms with E-state index in [0.29, 0.717) is 57.1 Å². The Morgan fingerprint density at radius 2 is 2.00 bits per heavy atom. The molecular formula is C18H24N6O3. The molecule has 0 spiro atoms. The van der Waals surface area contributed by atoms with Crippen molar-refractivity contribution in [2.75, 3.05) is 45.9 Å². The number of amides is 2. The number of carbonyl (C=O) groups excluding carboxylic acids is 2. The number of nitrogens with one attached hydrogen (secondary N) is 1. The number of aromatic nitrogens is 3. The maximum Gasteiger partial charge on any atom is 0.260 e. The molecule has 4 heterocycles. The lowest BCUT2D eigenvalue weighted by Crippen LogP contribution is -2.61. The molecular weight excluding hydrogens is 348 g/mol. The molecule has 2 aromatic rings. The Morgan fingerprint density at radius 1 is 1.22 bits per heavy atom. The normalized spacial score (nSPS) is 20.9. The van der Waals surface area contributed by atoms with Crippen molar-refractivity contribution in [2.24, 2.45) is 0 Å². The van der Waals surface area contributed by atoms with Gasteiger partial charge in [-0.2, -0.15) is 5.10 Å². The van der Waals surface area contributed by atoms with Crippen molar-refractivity contribution >= 4 is 17.5 Å². The van der Waals surface area contributed by atoms with Gasteiger partial charge in [-0.05, 0) is 19.9 Å². The van der Waals surface area contributed by atoms with Crippen LogP contribution < -0.4 is 5.32 Å². The average Bonchev–Trinajstić information content (AvgIpc) is 3.11. The van der Waals surface area contributed by atoms with Gasteiger partial charge in [0.25, 0.3) is 5.91 Å².